The summed E-state index contributed by atoms with van der Waals surface area (Å²) in [5.74, 6) is 0. The Morgan fingerprint density at radius 2 is 2.21 bits per heavy atom. The zero-order valence-corrected chi connectivity index (χ0v) is 9.57. The number of nitrogens with one attached hydrogen (secondary N) is 1. The summed E-state index contributed by atoms with van der Waals surface area (Å²) in [6.45, 7) is 3.34. The molecule has 1 saturated carbocycles. The highest BCUT2D eigenvalue weighted by Crippen LogP contribution is 2.27. The van der Waals surface area contributed by atoms with E-state index in [2.05, 4.69) is 17.2 Å². The van der Waals surface area contributed by atoms with E-state index in [9.17, 15) is 0 Å². The molecule has 2 rings (SSSR count). The van der Waals surface area contributed by atoms with Gasteiger partial charge in [-0.15, -0.1) is 11.3 Å². The zero-order chi connectivity index (χ0) is 9.86. The van der Waals surface area contributed by atoms with Crippen molar-refractivity contribution in [1.82, 2.24) is 10.3 Å². The van der Waals surface area contributed by atoms with Gasteiger partial charge in [-0.3, -0.25) is 4.98 Å². The molecular formula is C11H18N2S. The van der Waals surface area contributed by atoms with E-state index in [1.54, 1.807) is 11.3 Å². The van der Waals surface area contributed by atoms with Gasteiger partial charge in [0.05, 0.1) is 5.51 Å². The summed E-state index contributed by atoms with van der Waals surface area (Å²) in [6.07, 6.45) is 8.79. The molecule has 0 spiro atoms. The molecule has 1 aromatic rings. The second-order valence-corrected chi connectivity index (χ2v) is 5.41. The number of nitrogens with zero attached hydrogens (tertiary/aromatic N) is 1. The van der Waals surface area contributed by atoms with Gasteiger partial charge in [0.15, 0.2) is 0 Å². The third-order valence-corrected chi connectivity index (χ3v) is 3.91. The predicted molar refractivity (Wildman–Crippen MR) is 60.4 cm³/mol. The van der Waals surface area contributed by atoms with Gasteiger partial charge in [0.2, 0.25) is 0 Å². The van der Waals surface area contributed by atoms with Crippen LogP contribution in [0.3, 0.4) is 0 Å². The molecule has 3 heteroatoms. The average molecular weight is 210 g/mol. The molecule has 1 heterocycles. The van der Waals surface area contributed by atoms with E-state index < -0.39 is 0 Å². The fraction of sp³-hybridized carbons (Fsp3) is 0.727. The Labute approximate surface area is 89.8 Å². The van der Waals surface area contributed by atoms with Crippen LogP contribution in [0.5, 0.6) is 0 Å². The summed E-state index contributed by atoms with van der Waals surface area (Å²) < 4.78 is 0. The van der Waals surface area contributed by atoms with Crippen LogP contribution < -0.4 is 5.32 Å². The summed E-state index contributed by atoms with van der Waals surface area (Å²) in [7, 11) is 0. The Hall–Kier alpha value is -0.410. The van der Waals surface area contributed by atoms with E-state index in [1.807, 2.05) is 11.7 Å². The second-order valence-electron chi connectivity index (χ2n) is 4.44. The molecule has 0 amide bonds. The molecule has 0 unspecified atom stereocenters. The largest absolute Gasteiger partial charge is 0.307 e. The fourth-order valence-corrected chi connectivity index (χ4v) is 2.67. The van der Waals surface area contributed by atoms with Crippen molar-refractivity contribution in [3.8, 4) is 0 Å². The Bertz CT molecular complexity index is 263. The van der Waals surface area contributed by atoms with Gasteiger partial charge in [0.25, 0.3) is 0 Å². The lowest BCUT2D eigenvalue weighted by Crippen LogP contribution is -2.43. The lowest BCUT2D eigenvalue weighted by atomic mass is 9.83. The average Bonchev–Trinajstić information content (AvgIpc) is 2.69. The van der Waals surface area contributed by atoms with Crippen molar-refractivity contribution < 1.29 is 0 Å². The van der Waals surface area contributed by atoms with Crippen molar-refractivity contribution in [1.29, 1.82) is 0 Å². The van der Waals surface area contributed by atoms with E-state index in [0.29, 0.717) is 5.54 Å². The van der Waals surface area contributed by atoms with Crippen LogP contribution in [-0.4, -0.2) is 10.5 Å². The molecule has 1 aliphatic rings. The number of hydrogen-bond acceptors (Lipinski definition) is 3. The van der Waals surface area contributed by atoms with E-state index in [-0.39, 0.29) is 0 Å². The molecule has 14 heavy (non-hydrogen) atoms. The minimum Gasteiger partial charge on any atom is -0.307 e. The quantitative estimate of drug-likeness (QED) is 0.829. The van der Waals surface area contributed by atoms with Crippen LogP contribution in [0.15, 0.2) is 11.7 Å². The molecule has 0 saturated heterocycles. The topological polar surface area (TPSA) is 24.9 Å². The molecule has 0 aromatic carbocycles. The van der Waals surface area contributed by atoms with E-state index in [1.165, 1.54) is 37.0 Å². The highest BCUT2D eigenvalue weighted by Gasteiger charge is 2.25. The van der Waals surface area contributed by atoms with Crippen LogP contribution in [0.2, 0.25) is 0 Å². The molecular weight excluding hydrogens is 192 g/mol. The second kappa shape index (κ2) is 4.41. The van der Waals surface area contributed by atoms with Crippen molar-refractivity contribution >= 4 is 11.3 Å². The fourth-order valence-electron chi connectivity index (χ4n) is 2.14. The Kier molecular flexibility index (Phi) is 3.19. The number of aromatic nitrogens is 1. The van der Waals surface area contributed by atoms with E-state index >= 15 is 0 Å². The smallest absolute Gasteiger partial charge is 0.0794 e. The monoisotopic (exact) mass is 210 g/mol. The van der Waals surface area contributed by atoms with Crippen LogP contribution in [0.4, 0.5) is 0 Å². The maximum Gasteiger partial charge on any atom is 0.0794 e. The summed E-state index contributed by atoms with van der Waals surface area (Å²) in [4.78, 5) is 5.43. The van der Waals surface area contributed by atoms with Crippen molar-refractivity contribution in [3.05, 3.63) is 16.6 Å². The highest BCUT2D eigenvalue weighted by atomic mass is 32.1. The first-order chi connectivity index (χ1) is 6.79. The Balaban J connectivity index is 1.84. The molecule has 1 fully saturated rings. The normalized spacial score (nSPS) is 20.9. The van der Waals surface area contributed by atoms with Crippen LogP contribution in [0.25, 0.3) is 0 Å². The maximum atomic E-state index is 4.09. The molecule has 2 nitrogen and oxygen atoms in total. The SMILES string of the molecule is CC1(NCc2cncs2)CCCCC1. The first-order valence-electron chi connectivity index (χ1n) is 5.41. The van der Waals surface area contributed by atoms with Crippen LogP contribution in [0, 0.1) is 0 Å². The highest BCUT2D eigenvalue weighted by molar-refractivity contribution is 7.09. The molecule has 0 bridgehead atoms. The molecule has 0 radical (unpaired) electrons. The standard InChI is InChI=1S/C11H18N2S/c1-11(5-3-2-4-6-11)13-8-10-7-12-9-14-10/h7,9,13H,2-6,8H2,1H3. The molecule has 1 N–H and O–H groups in total. The van der Waals surface area contributed by atoms with Gasteiger partial charge in [0.1, 0.15) is 0 Å². The predicted octanol–water partition coefficient (Wildman–Crippen LogP) is 2.96. The lowest BCUT2D eigenvalue weighted by Gasteiger charge is -2.34. The molecule has 0 aliphatic heterocycles. The van der Waals surface area contributed by atoms with Gasteiger partial charge in [-0.25, -0.2) is 0 Å². The van der Waals surface area contributed by atoms with Crippen LogP contribution in [-0.2, 0) is 6.54 Å². The summed E-state index contributed by atoms with van der Waals surface area (Å²) in [6, 6.07) is 0. The van der Waals surface area contributed by atoms with Gasteiger partial charge in [0, 0.05) is 23.2 Å². The third kappa shape index (κ3) is 2.55. The molecule has 78 valence electrons. The summed E-state index contributed by atoms with van der Waals surface area (Å²) in [5, 5.41) is 3.67. The van der Waals surface area contributed by atoms with E-state index in [0.717, 1.165) is 6.54 Å². The van der Waals surface area contributed by atoms with Gasteiger partial charge in [-0.05, 0) is 19.8 Å². The third-order valence-electron chi connectivity index (χ3n) is 3.13. The van der Waals surface area contributed by atoms with E-state index in [4.69, 9.17) is 0 Å². The lowest BCUT2D eigenvalue weighted by molar-refractivity contribution is 0.253. The van der Waals surface area contributed by atoms with Crippen LogP contribution >= 0.6 is 11.3 Å². The number of thiazole rings is 1. The minimum atomic E-state index is 0.377. The van der Waals surface area contributed by atoms with Crippen molar-refractivity contribution in [2.75, 3.05) is 0 Å². The molecule has 1 aromatic heterocycles. The Morgan fingerprint density at radius 1 is 1.43 bits per heavy atom. The minimum absolute atomic E-state index is 0.377. The first kappa shape index (κ1) is 10.1. The van der Waals surface area contributed by atoms with Gasteiger partial charge < -0.3 is 5.32 Å². The van der Waals surface area contributed by atoms with Crippen LogP contribution in [0.1, 0.15) is 43.9 Å². The summed E-state index contributed by atoms with van der Waals surface area (Å²) >= 11 is 1.74. The Morgan fingerprint density at radius 3 is 2.86 bits per heavy atom. The number of hydrogen-bond donors (Lipinski definition) is 1. The van der Waals surface area contributed by atoms with Crippen molar-refractivity contribution in [3.63, 3.8) is 0 Å². The number of rotatable bonds is 3. The van der Waals surface area contributed by atoms with Gasteiger partial charge in [-0.1, -0.05) is 19.3 Å². The van der Waals surface area contributed by atoms with Gasteiger partial charge >= 0.3 is 0 Å². The molecule has 0 atom stereocenters. The van der Waals surface area contributed by atoms with Crippen molar-refractivity contribution in [2.24, 2.45) is 0 Å². The zero-order valence-electron chi connectivity index (χ0n) is 8.75. The van der Waals surface area contributed by atoms with Crippen molar-refractivity contribution in [2.45, 2.75) is 51.1 Å². The van der Waals surface area contributed by atoms with Gasteiger partial charge in [-0.2, -0.15) is 0 Å². The summed E-state index contributed by atoms with van der Waals surface area (Å²) in [5.41, 5.74) is 2.28. The first-order valence-corrected chi connectivity index (χ1v) is 6.29. The maximum absolute atomic E-state index is 4.09. The molecule has 1 aliphatic carbocycles.